The van der Waals surface area contributed by atoms with Gasteiger partial charge in [-0.2, -0.15) is 5.10 Å². The molecular formula is C22H15N7O7. The second-order valence-corrected chi connectivity index (χ2v) is 7.30. The second kappa shape index (κ2) is 9.86. The fraction of sp³-hybridized carbons (Fsp3) is 0.0455. The summed E-state index contributed by atoms with van der Waals surface area (Å²) in [5, 5.41) is 36.9. The van der Waals surface area contributed by atoms with Crippen LogP contribution in [-0.4, -0.2) is 41.5 Å². The maximum Gasteiger partial charge on any atom is 0.276 e. The largest absolute Gasteiger partial charge is 0.382 e. The molecule has 0 bridgehead atoms. The van der Waals surface area contributed by atoms with Crippen molar-refractivity contribution in [3.63, 3.8) is 0 Å². The summed E-state index contributed by atoms with van der Waals surface area (Å²) in [6.07, 6.45) is 1.15. The van der Waals surface area contributed by atoms with Crippen molar-refractivity contribution in [3.05, 3.63) is 114 Å². The smallest absolute Gasteiger partial charge is 0.276 e. The van der Waals surface area contributed by atoms with Crippen LogP contribution in [0.1, 0.15) is 27.7 Å². The monoisotopic (exact) mass is 489 g/mol. The van der Waals surface area contributed by atoms with Crippen LogP contribution in [0.5, 0.6) is 0 Å². The summed E-state index contributed by atoms with van der Waals surface area (Å²) in [6.45, 7) is 0. The standard InChI is InChI=1S/C22H15N7O7/c30-20(12-1-3-14(4-2-12)28(33)34)18(26-27-21(31)13-7-9-23-10-8-13)19-22(32)25-17-11-15(29(35)36)5-6-16(17)24-19/h1-11,20,30H,(H,25,32)(H,27,31)/b26-18+. The number of nitrogens with zero attached hydrogens (tertiary/aromatic N) is 5. The van der Waals surface area contributed by atoms with E-state index < -0.39 is 27.4 Å². The highest BCUT2D eigenvalue weighted by Crippen LogP contribution is 2.22. The average molecular weight is 489 g/mol. The fourth-order valence-corrected chi connectivity index (χ4v) is 3.22. The molecule has 0 spiro atoms. The Hall–Kier alpha value is -5.37. The van der Waals surface area contributed by atoms with E-state index in [-0.39, 0.29) is 44.9 Å². The third kappa shape index (κ3) is 4.92. The Kier molecular flexibility index (Phi) is 6.51. The third-order valence-electron chi connectivity index (χ3n) is 5.03. The lowest BCUT2D eigenvalue weighted by Crippen LogP contribution is -2.29. The molecule has 0 saturated heterocycles. The molecule has 0 aliphatic rings. The number of H-pyrrole nitrogens is 1. The molecule has 0 fully saturated rings. The van der Waals surface area contributed by atoms with Crippen LogP contribution < -0.4 is 11.0 Å². The number of carbonyl (C=O) groups excluding carboxylic acids is 1. The summed E-state index contributed by atoms with van der Waals surface area (Å²) in [4.78, 5) is 56.6. The summed E-state index contributed by atoms with van der Waals surface area (Å²) in [6, 6.07) is 11.3. The van der Waals surface area contributed by atoms with E-state index in [1.54, 1.807) is 0 Å². The van der Waals surface area contributed by atoms with Crippen LogP contribution in [0.15, 0.2) is 76.9 Å². The van der Waals surface area contributed by atoms with E-state index in [1.807, 2.05) is 0 Å². The van der Waals surface area contributed by atoms with Crippen LogP contribution in [0.25, 0.3) is 11.0 Å². The predicted molar refractivity (Wildman–Crippen MR) is 125 cm³/mol. The molecule has 1 unspecified atom stereocenters. The molecule has 0 aliphatic heterocycles. The van der Waals surface area contributed by atoms with Gasteiger partial charge in [0.15, 0.2) is 5.69 Å². The Balaban J connectivity index is 1.80. The number of aliphatic hydroxyl groups is 1. The molecule has 2 aromatic heterocycles. The number of non-ortho nitro benzene ring substituents is 2. The second-order valence-electron chi connectivity index (χ2n) is 7.30. The summed E-state index contributed by atoms with van der Waals surface area (Å²) >= 11 is 0. The molecule has 4 aromatic rings. The van der Waals surface area contributed by atoms with E-state index >= 15 is 0 Å². The van der Waals surface area contributed by atoms with Crippen LogP contribution in [0.4, 0.5) is 11.4 Å². The van der Waals surface area contributed by atoms with Gasteiger partial charge in [-0.15, -0.1) is 0 Å². The normalized spacial score (nSPS) is 12.2. The van der Waals surface area contributed by atoms with Gasteiger partial charge in [0.05, 0.1) is 20.9 Å². The van der Waals surface area contributed by atoms with Crippen molar-refractivity contribution < 1.29 is 19.7 Å². The summed E-state index contributed by atoms with van der Waals surface area (Å²) in [5.41, 5.74) is 0.718. The van der Waals surface area contributed by atoms with Crippen molar-refractivity contribution in [2.45, 2.75) is 6.10 Å². The number of pyridine rings is 1. The summed E-state index contributed by atoms with van der Waals surface area (Å²) in [5.74, 6) is -0.668. The molecule has 0 aliphatic carbocycles. The topological polar surface area (TPSA) is 207 Å². The van der Waals surface area contributed by atoms with Crippen LogP contribution in [0.2, 0.25) is 0 Å². The summed E-state index contributed by atoms with van der Waals surface area (Å²) < 4.78 is 0. The molecular weight excluding hydrogens is 474 g/mol. The summed E-state index contributed by atoms with van der Waals surface area (Å²) in [7, 11) is 0. The highest BCUT2D eigenvalue weighted by Gasteiger charge is 2.24. The molecule has 14 heteroatoms. The van der Waals surface area contributed by atoms with E-state index in [1.165, 1.54) is 48.8 Å². The first-order chi connectivity index (χ1) is 17.2. The molecule has 3 N–H and O–H groups in total. The minimum absolute atomic E-state index is 0.0722. The number of rotatable bonds is 7. The highest BCUT2D eigenvalue weighted by atomic mass is 16.6. The average Bonchev–Trinajstić information content (AvgIpc) is 2.88. The van der Waals surface area contributed by atoms with Gasteiger partial charge in [-0.25, -0.2) is 10.4 Å². The van der Waals surface area contributed by atoms with Gasteiger partial charge in [0.25, 0.3) is 22.8 Å². The number of aliphatic hydroxyl groups excluding tert-OH is 1. The molecule has 14 nitrogen and oxygen atoms in total. The SMILES string of the molecule is O=C(N/N=C(\c1nc2ccc([N+](=O)[O-])cc2[nH]c1=O)C(O)c1ccc([N+](=O)[O-])cc1)c1ccncc1. The number of aromatic nitrogens is 3. The number of hydrogen-bond acceptors (Lipinski definition) is 10. The number of nitro benzene ring substituents is 2. The first-order valence-corrected chi connectivity index (χ1v) is 10.1. The van der Waals surface area contributed by atoms with Gasteiger partial charge in [-0.05, 0) is 35.9 Å². The van der Waals surface area contributed by atoms with Gasteiger partial charge in [0.2, 0.25) is 0 Å². The Bertz CT molecular complexity index is 1570. The van der Waals surface area contributed by atoms with Gasteiger partial charge in [-0.1, -0.05) is 0 Å². The number of hydrogen-bond donors (Lipinski definition) is 3. The Morgan fingerprint density at radius 1 is 1.00 bits per heavy atom. The lowest BCUT2D eigenvalue weighted by molar-refractivity contribution is -0.385. The minimum atomic E-state index is -1.63. The maximum absolute atomic E-state index is 12.9. The molecule has 1 amide bonds. The van der Waals surface area contributed by atoms with E-state index in [9.17, 15) is 34.9 Å². The molecule has 1 atom stereocenters. The van der Waals surface area contributed by atoms with Crippen molar-refractivity contribution >= 4 is 34.0 Å². The zero-order valence-electron chi connectivity index (χ0n) is 18.1. The third-order valence-corrected chi connectivity index (χ3v) is 5.03. The number of aromatic amines is 1. The number of nitrogens with one attached hydrogen (secondary N) is 2. The quantitative estimate of drug-likeness (QED) is 0.197. The van der Waals surface area contributed by atoms with Crippen LogP contribution in [0, 0.1) is 20.2 Å². The predicted octanol–water partition coefficient (Wildman–Crippen LogP) is 2.00. The number of fused-ring (bicyclic) bond motifs is 1. The lowest BCUT2D eigenvalue weighted by Gasteiger charge is -2.14. The van der Waals surface area contributed by atoms with Crippen LogP contribution in [0.3, 0.4) is 0 Å². The number of hydrazone groups is 1. The van der Waals surface area contributed by atoms with Crippen molar-refractivity contribution in [2.24, 2.45) is 5.10 Å². The van der Waals surface area contributed by atoms with Crippen molar-refractivity contribution in [2.75, 3.05) is 0 Å². The number of carbonyl (C=O) groups is 1. The van der Waals surface area contributed by atoms with E-state index in [4.69, 9.17) is 0 Å². The minimum Gasteiger partial charge on any atom is -0.382 e. The maximum atomic E-state index is 12.9. The zero-order valence-corrected chi connectivity index (χ0v) is 18.1. The molecule has 0 saturated carbocycles. The highest BCUT2D eigenvalue weighted by molar-refractivity contribution is 6.04. The van der Waals surface area contributed by atoms with Gasteiger partial charge >= 0.3 is 0 Å². The zero-order chi connectivity index (χ0) is 25.8. The van der Waals surface area contributed by atoms with Gasteiger partial charge in [0, 0.05) is 42.2 Å². The number of amides is 1. The molecule has 36 heavy (non-hydrogen) atoms. The van der Waals surface area contributed by atoms with Gasteiger partial charge < -0.3 is 10.1 Å². The molecule has 2 heterocycles. The molecule has 0 radical (unpaired) electrons. The van der Waals surface area contributed by atoms with Crippen molar-refractivity contribution in [1.82, 2.24) is 20.4 Å². The van der Waals surface area contributed by atoms with Crippen molar-refractivity contribution in [3.8, 4) is 0 Å². The van der Waals surface area contributed by atoms with Crippen LogP contribution >= 0.6 is 0 Å². The fourth-order valence-electron chi connectivity index (χ4n) is 3.22. The van der Waals surface area contributed by atoms with E-state index in [0.717, 1.165) is 18.2 Å². The molecule has 2 aromatic carbocycles. The first kappa shape index (κ1) is 23.8. The van der Waals surface area contributed by atoms with E-state index in [0.29, 0.717) is 0 Å². The Morgan fingerprint density at radius 3 is 2.28 bits per heavy atom. The Labute approximate surface area is 200 Å². The van der Waals surface area contributed by atoms with Crippen LogP contribution in [-0.2, 0) is 0 Å². The first-order valence-electron chi connectivity index (χ1n) is 10.1. The number of nitro groups is 2. The Morgan fingerprint density at radius 2 is 1.64 bits per heavy atom. The van der Waals surface area contributed by atoms with E-state index in [2.05, 4.69) is 25.5 Å². The van der Waals surface area contributed by atoms with Crippen molar-refractivity contribution in [1.29, 1.82) is 0 Å². The van der Waals surface area contributed by atoms with Gasteiger partial charge in [-0.3, -0.25) is 34.8 Å². The lowest BCUT2D eigenvalue weighted by atomic mass is 10.0. The number of benzene rings is 2. The van der Waals surface area contributed by atoms with Gasteiger partial charge in [0.1, 0.15) is 11.8 Å². The molecule has 180 valence electrons. The molecule has 4 rings (SSSR count).